The van der Waals surface area contributed by atoms with Gasteiger partial charge in [0, 0.05) is 6.07 Å². The Morgan fingerprint density at radius 1 is 1.35 bits per heavy atom. The van der Waals surface area contributed by atoms with Gasteiger partial charge in [0.2, 0.25) is 11.8 Å². The number of ether oxygens (including phenoxy) is 2. The topological polar surface area (TPSA) is 57.4 Å². The number of pyridine rings is 1. The van der Waals surface area contributed by atoms with Gasteiger partial charge in [-0.05, 0) is 30.7 Å². The molecular formula is C13H20N2O2. The van der Waals surface area contributed by atoms with Crippen LogP contribution in [0.1, 0.15) is 26.7 Å². The van der Waals surface area contributed by atoms with Crippen LogP contribution in [-0.4, -0.2) is 18.2 Å². The summed E-state index contributed by atoms with van der Waals surface area (Å²) in [5.74, 6) is 2.25. The zero-order chi connectivity index (χ0) is 12.3. The Bertz CT molecular complexity index is 376. The number of aromatic nitrogens is 1. The van der Waals surface area contributed by atoms with Crippen molar-refractivity contribution >= 4 is 5.69 Å². The Morgan fingerprint density at radius 3 is 2.76 bits per heavy atom. The van der Waals surface area contributed by atoms with Crippen molar-refractivity contribution in [2.45, 2.75) is 26.7 Å². The molecule has 1 heterocycles. The van der Waals surface area contributed by atoms with E-state index in [1.54, 1.807) is 12.1 Å². The first-order valence-corrected chi connectivity index (χ1v) is 6.17. The van der Waals surface area contributed by atoms with Gasteiger partial charge >= 0.3 is 0 Å². The minimum absolute atomic E-state index is 0.451. The summed E-state index contributed by atoms with van der Waals surface area (Å²) in [4.78, 5) is 4.27. The molecular weight excluding hydrogens is 216 g/mol. The first-order valence-electron chi connectivity index (χ1n) is 6.17. The third-order valence-corrected chi connectivity index (χ3v) is 2.58. The Morgan fingerprint density at radius 2 is 2.12 bits per heavy atom. The van der Waals surface area contributed by atoms with Crippen LogP contribution in [-0.2, 0) is 0 Å². The van der Waals surface area contributed by atoms with Crippen molar-refractivity contribution in [1.82, 2.24) is 4.98 Å². The molecule has 1 aliphatic rings. The number of nitrogens with two attached hydrogens (primary N) is 1. The second-order valence-electron chi connectivity index (χ2n) is 5.00. The lowest BCUT2D eigenvalue weighted by Gasteiger charge is -2.11. The van der Waals surface area contributed by atoms with Crippen LogP contribution in [0.15, 0.2) is 12.1 Å². The third-order valence-electron chi connectivity index (χ3n) is 2.58. The summed E-state index contributed by atoms with van der Waals surface area (Å²) in [6.07, 6.45) is 2.54. The van der Waals surface area contributed by atoms with Crippen LogP contribution in [0.2, 0.25) is 0 Å². The summed E-state index contributed by atoms with van der Waals surface area (Å²) in [6.45, 7) is 5.54. The highest BCUT2D eigenvalue weighted by Crippen LogP contribution is 2.30. The average Bonchev–Trinajstić information content (AvgIpc) is 3.10. The number of rotatable bonds is 6. The molecule has 1 aromatic heterocycles. The second-order valence-corrected chi connectivity index (χ2v) is 5.00. The molecule has 0 aliphatic heterocycles. The largest absolute Gasteiger partial charge is 0.477 e. The highest BCUT2D eigenvalue weighted by Gasteiger charge is 2.22. The first-order chi connectivity index (χ1) is 8.15. The van der Waals surface area contributed by atoms with E-state index in [1.807, 2.05) is 0 Å². The molecule has 0 atom stereocenters. The molecule has 1 aromatic rings. The van der Waals surface area contributed by atoms with Crippen LogP contribution >= 0.6 is 0 Å². The molecule has 0 aromatic carbocycles. The SMILES string of the molecule is CC(C)COc1nc(OCC2CC2)ccc1N. The predicted octanol–water partition coefficient (Wildman–Crippen LogP) is 2.49. The molecule has 4 nitrogen and oxygen atoms in total. The number of hydrogen-bond donors (Lipinski definition) is 1. The van der Waals surface area contributed by atoms with Crippen molar-refractivity contribution in [2.24, 2.45) is 11.8 Å². The summed E-state index contributed by atoms with van der Waals surface area (Å²) in [5, 5.41) is 0. The van der Waals surface area contributed by atoms with Crippen LogP contribution in [0.25, 0.3) is 0 Å². The van der Waals surface area contributed by atoms with Gasteiger partial charge in [0.25, 0.3) is 0 Å². The Hall–Kier alpha value is -1.45. The molecule has 0 unspecified atom stereocenters. The van der Waals surface area contributed by atoms with Crippen LogP contribution in [0.3, 0.4) is 0 Å². The maximum Gasteiger partial charge on any atom is 0.240 e. The molecule has 17 heavy (non-hydrogen) atoms. The Balaban J connectivity index is 1.94. The second kappa shape index (κ2) is 5.25. The molecule has 2 N–H and O–H groups in total. The van der Waals surface area contributed by atoms with Crippen molar-refractivity contribution in [3.8, 4) is 11.8 Å². The van der Waals surface area contributed by atoms with Gasteiger partial charge in [-0.2, -0.15) is 4.98 Å². The molecule has 0 bridgehead atoms. The molecule has 94 valence electrons. The summed E-state index contributed by atoms with van der Waals surface area (Å²) in [7, 11) is 0. The number of hydrogen-bond acceptors (Lipinski definition) is 4. The van der Waals surface area contributed by atoms with Crippen LogP contribution < -0.4 is 15.2 Å². The summed E-state index contributed by atoms with van der Waals surface area (Å²) in [5.41, 5.74) is 6.36. The standard InChI is InChI=1S/C13H20N2O2/c1-9(2)7-17-13-11(14)5-6-12(15-13)16-8-10-3-4-10/h5-6,9-10H,3-4,7-8,14H2,1-2H3. The van der Waals surface area contributed by atoms with Gasteiger partial charge < -0.3 is 15.2 Å². The van der Waals surface area contributed by atoms with Gasteiger partial charge in [-0.3, -0.25) is 0 Å². The van der Waals surface area contributed by atoms with E-state index in [9.17, 15) is 0 Å². The number of anilines is 1. The fraction of sp³-hybridized carbons (Fsp3) is 0.615. The van der Waals surface area contributed by atoms with E-state index < -0.39 is 0 Å². The molecule has 1 aliphatic carbocycles. The summed E-state index contributed by atoms with van der Waals surface area (Å²) < 4.78 is 11.1. The molecule has 4 heteroatoms. The molecule has 1 fully saturated rings. The normalized spacial score (nSPS) is 15.0. The lowest BCUT2D eigenvalue weighted by atomic mass is 10.2. The minimum atomic E-state index is 0.451. The third kappa shape index (κ3) is 3.80. The van der Waals surface area contributed by atoms with Crippen molar-refractivity contribution in [2.75, 3.05) is 18.9 Å². The molecule has 2 rings (SSSR count). The predicted molar refractivity (Wildman–Crippen MR) is 67.2 cm³/mol. The van der Waals surface area contributed by atoms with Gasteiger partial charge in [0.05, 0.1) is 18.9 Å². The highest BCUT2D eigenvalue weighted by molar-refractivity contribution is 5.49. The van der Waals surface area contributed by atoms with Crippen molar-refractivity contribution in [3.05, 3.63) is 12.1 Å². The lowest BCUT2D eigenvalue weighted by molar-refractivity contribution is 0.250. The van der Waals surface area contributed by atoms with E-state index in [1.165, 1.54) is 12.8 Å². The van der Waals surface area contributed by atoms with E-state index in [0.717, 1.165) is 12.5 Å². The quantitative estimate of drug-likeness (QED) is 0.824. The molecule has 0 amide bonds. The molecule has 1 saturated carbocycles. The summed E-state index contributed by atoms with van der Waals surface area (Å²) in [6, 6.07) is 3.57. The van der Waals surface area contributed by atoms with Crippen molar-refractivity contribution in [3.63, 3.8) is 0 Å². The summed E-state index contributed by atoms with van der Waals surface area (Å²) >= 11 is 0. The molecule has 0 saturated heterocycles. The number of nitrogens with zero attached hydrogens (tertiary/aromatic N) is 1. The van der Waals surface area contributed by atoms with Gasteiger partial charge in [0.1, 0.15) is 0 Å². The van der Waals surface area contributed by atoms with Gasteiger partial charge in [0.15, 0.2) is 0 Å². The van der Waals surface area contributed by atoms with E-state index in [0.29, 0.717) is 30.0 Å². The Labute approximate surface area is 102 Å². The van der Waals surface area contributed by atoms with E-state index >= 15 is 0 Å². The lowest BCUT2D eigenvalue weighted by Crippen LogP contribution is -2.08. The van der Waals surface area contributed by atoms with Gasteiger partial charge in [-0.1, -0.05) is 13.8 Å². The van der Waals surface area contributed by atoms with E-state index in [4.69, 9.17) is 15.2 Å². The minimum Gasteiger partial charge on any atom is -0.477 e. The van der Waals surface area contributed by atoms with Crippen molar-refractivity contribution in [1.29, 1.82) is 0 Å². The van der Waals surface area contributed by atoms with Crippen molar-refractivity contribution < 1.29 is 9.47 Å². The van der Waals surface area contributed by atoms with Gasteiger partial charge in [-0.25, -0.2) is 0 Å². The van der Waals surface area contributed by atoms with Crippen LogP contribution in [0.4, 0.5) is 5.69 Å². The monoisotopic (exact) mass is 236 g/mol. The fourth-order valence-corrected chi connectivity index (χ4v) is 1.36. The van der Waals surface area contributed by atoms with E-state index in [2.05, 4.69) is 18.8 Å². The first kappa shape index (κ1) is 12.0. The zero-order valence-electron chi connectivity index (χ0n) is 10.5. The molecule has 0 spiro atoms. The van der Waals surface area contributed by atoms with Crippen LogP contribution in [0, 0.1) is 11.8 Å². The zero-order valence-corrected chi connectivity index (χ0v) is 10.5. The Kier molecular flexibility index (Phi) is 3.71. The highest BCUT2D eigenvalue weighted by atomic mass is 16.5. The number of nitrogen functional groups attached to an aromatic ring is 1. The van der Waals surface area contributed by atoms with Crippen LogP contribution in [0.5, 0.6) is 11.8 Å². The maximum atomic E-state index is 5.80. The fourth-order valence-electron chi connectivity index (χ4n) is 1.36. The van der Waals surface area contributed by atoms with Gasteiger partial charge in [-0.15, -0.1) is 0 Å². The maximum absolute atomic E-state index is 5.80. The average molecular weight is 236 g/mol. The van der Waals surface area contributed by atoms with E-state index in [-0.39, 0.29) is 0 Å². The smallest absolute Gasteiger partial charge is 0.240 e. The molecule has 0 radical (unpaired) electrons.